The van der Waals surface area contributed by atoms with Gasteiger partial charge in [0.1, 0.15) is 12.0 Å². The van der Waals surface area contributed by atoms with Gasteiger partial charge < -0.3 is 4.74 Å². The lowest BCUT2D eigenvalue weighted by Crippen LogP contribution is -1.91. The van der Waals surface area contributed by atoms with E-state index in [9.17, 15) is 4.79 Å². The van der Waals surface area contributed by atoms with E-state index < -0.39 is 0 Å². The Hall–Kier alpha value is -2.16. The molecule has 0 amide bonds. The van der Waals surface area contributed by atoms with Gasteiger partial charge in [0.25, 0.3) is 0 Å². The zero-order valence-electron chi connectivity index (χ0n) is 9.81. The average molecular weight is 227 g/mol. The molecule has 0 saturated heterocycles. The monoisotopic (exact) mass is 227 g/mol. The summed E-state index contributed by atoms with van der Waals surface area (Å²) in [6.07, 6.45) is 0.835. The van der Waals surface area contributed by atoms with Gasteiger partial charge in [-0.25, -0.2) is 0 Å². The van der Waals surface area contributed by atoms with Crippen molar-refractivity contribution in [3.05, 3.63) is 47.7 Å². The van der Waals surface area contributed by atoms with E-state index in [2.05, 4.69) is 4.98 Å². The van der Waals surface area contributed by atoms with E-state index in [1.54, 1.807) is 19.2 Å². The molecule has 3 heteroatoms. The molecule has 0 spiro atoms. The quantitative estimate of drug-likeness (QED) is 0.757. The van der Waals surface area contributed by atoms with E-state index in [1.807, 2.05) is 31.2 Å². The van der Waals surface area contributed by atoms with Crippen LogP contribution < -0.4 is 4.74 Å². The fourth-order valence-electron chi connectivity index (χ4n) is 1.67. The predicted molar refractivity (Wildman–Crippen MR) is 66.3 cm³/mol. The normalized spacial score (nSPS) is 10.0. The minimum absolute atomic E-state index is 0.642. The molecule has 1 aromatic carbocycles. The summed E-state index contributed by atoms with van der Waals surface area (Å²) in [5.74, 6) is 0.803. The van der Waals surface area contributed by atoms with Crippen molar-refractivity contribution in [3.8, 4) is 17.0 Å². The first kappa shape index (κ1) is 11.3. The Labute approximate surface area is 100 Å². The van der Waals surface area contributed by atoms with Crippen LogP contribution in [0.25, 0.3) is 11.3 Å². The summed E-state index contributed by atoms with van der Waals surface area (Å²) in [5, 5.41) is 0. The number of nitrogens with zero attached hydrogens (tertiary/aromatic N) is 1. The third-order valence-electron chi connectivity index (χ3n) is 2.50. The summed E-state index contributed by atoms with van der Waals surface area (Å²) in [6.45, 7) is 1.88. The third kappa shape index (κ3) is 2.50. The second kappa shape index (κ2) is 4.78. The molecule has 2 aromatic rings. The van der Waals surface area contributed by atoms with Crippen molar-refractivity contribution in [3.63, 3.8) is 0 Å². The predicted octanol–water partition coefficient (Wildman–Crippen LogP) is 2.88. The molecular formula is C14H13NO2. The van der Waals surface area contributed by atoms with Crippen molar-refractivity contribution in [2.24, 2.45) is 0 Å². The molecule has 0 radical (unpaired) electrons. The molecule has 1 aromatic heterocycles. The van der Waals surface area contributed by atoms with Gasteiger partial charge in [0.05, 0.1) is 12.8 Å². The number of carbonyl (C=O) groups is 1. The molecule has 1 heterocycles. The number of benzene rings is 1. The van der Waals surface area contributed by atoms with E-state index >= 15 is 0 Å². The molecule has 17 heavy (non-hydrogen) atoms. The van der Waals surface area contributed by atoms with E-state index in [4.69, 9.17) is 4.74 Å². The van der Waals surface area contributed by atoms with Gasteiger partial charge in [0.15, 0.2) is 0 Å². The molecule has 0 fully saturated rings. The minimum atomic E-state index is 0.642. The zero-order valence-corrected chi connectivity index (χ0v) is 9.81. The second-order valence-corrected chi connectivity index (χ2v) is 3.77. The SMILES string of the molecule is COc1ccc(-c2cc(C=O)cc(C)n2)cc1. The van der Waals surface area contributed by atoms with E-state index in [1.165, 1.54) is 0 Å². The second-order valence-electron chi connectivity index (χ2n) is 3.77. The minimum Gasteiger partial charge on any atom is -0.497 e. The number of pyridine rings is 1. The molecular weight excluding hydrogens is 214 g/mol. The Morgan fingerprint density at radius 1 is 1.18 bits per heavy atom. The number of hydrogen-bond donors (Lipinski definition) is 0. The maximum Gasteiger partial charge on any atom is 0.150 e. The van der Waals surface area contributed by atoms with Crippen LogP contribution >= 0.6 is 0 Å². The van der Waals surface area contributed by atoms with Gasteiger partial charge in [0.2, 0.25) is 0 Å². The number of methoxy groups -OCH3 is 1. The van der Waals surface area contributed by atoms with Crippen LogP contribution in [0.1, 0.15) is 16.1 Å². The topological polar surface area (TPSA) is 39.2 Å². The van der Waals surface area contributed by atoms with Crippen molar-refractivity contribution < 1.29 is 9.53 Å². The standard InChI is InChI=1S/C14H13NO2/c1-10-7-11(9-16)8-14(15-10)12-3-5-13(17-2)6-4-12/h3-9H,1-2H3. The fourth-order valence-corrected chi connectivity index (χ4v) is 1.67. The molecule has 0 saturated carbocycles. The summed E-state index contributed by atoms with van der Waals surface area (Å²) in [4.78, 5) is 15.2. The first-order valence-corrected chi connectivity index (χ1v) is 5.31. The van der Waals surface area contributed by atoms with Gasteiger partial charge in [-0.15, -0.1) is 0 Å². The molecule has 3 nitrogen and oxygen atoms in total. The highest BCUT2D eigenvalue weighted by Gasteiger charge is 2.03. The highest BCUT2D eigenvalue weighted by atomic mass is 16.5. The van der Waals surface area contributed by atoms with Crippen LogP contribution in [-0.2, 0) is 0 Å². The zero-order chi connectivity index (χ0) is 12.3. The van der Waals surface area contributed by atoms with Crippen molar-refractivity contribution in [2.75, 3.05) is 7.11 Å². The molecule has 2 rings (SSSR count). The van der Waals surface area contributed by atoms with Gasteiger partial charge in [-0.1, -0.05) is 0 Å². The van der Waals surface area contributed by atoms with Gasteiger partial charge in [-0.2, -0.15) is 0 Å². The van der Waals surface area contributed by atoms with Crippen LogP contribution in [0.5, 0.6) is 5.75 Å². The Morgan fingerprint density at radius 2 is 1.88 bits per heavy atom. The maximum atomic E-state index is 10.8. The third-order valence-corrected chi connectivity index (χ3v) is 2.50. The summed E-state index contributed by atoms with van der Waals surface area (Å²) < 4.78 is 5.10. The number of aromatic nitrogens is 1. The Balaban J connectivity index is 2.44. The average Bonchev–Trinajstić information content (AvgIpc) is 2.38. The number of aldehydes is 1. The summed E-state index contributed by atoms with van der Waals surface area (Å²) in [7, 11) is 1.63. The highest BCUT2D eigenvalue weighted by molar-refractivity contribution is 5.78. The maximum absolute atomic E-state index is 10.8. The molecule has 0 N–H and O–H groups in total. The van der Waals surface area contributed by atoms with Gasteiger partial charge in [-0.3, -0.25) is 9.78 Å². The summed E-state index contributed by atoms with van der Waals surface area (Å²) in [5.41, 5.74) is 3.25. The fraction of sp³-hybridized carbons (Fsp3) is 0.143. The Kier molecular flexibility index (Phi) is 3.19. The van der Waals surface area contributed by atoms with Gasteiger partial charge in [-0.05, 0) is 43.3 Å². The number of ether oxygens (including phenoxy) is 1. The van der Waals surface area contributed by atoms with Crippen LogP contribution in [0.2, 0.25) is 0 Å². The van der Waals surface area contributed by atoms with Gasteiger partial charge in [0, 0.05) is 16.8 Å². The largest absolute Gasteiger partial charge is 0.497 e. The van der Waals surface area contributed by atoms with Crippen molar-refractivity contribution in [1.29, 1.82) is 0 Å². The molecule has 0 unspecified atom stereocenters. The van der Waals surface area contributed by atoms with Crippen LogP contribution in [0.3, 0.4) is 0 Å². The number of hydrogen-bond acceptors (Lipinski definition) is 3. The summed E-state index contributed by atoms with van der Waals surface area (Å²) >= 11 is 0. The number of carbonyl (C=O) groups excluding carboxylic acids is 1. The molecule has 0 bridgehead atoms. The lowest BCUT2D eigenvalue weighted by atomic mass is 10.1. The number of aryl methyl sites for hydroxylation is 1. The smallest absolute Gasteiger partial charge is 0.150 e. The highest BCUT2D eigenvalue weighted by Crippen LogP contribution is 2.21. The van der Waals surface area contributed by atoms with E-state index in [0.717, 1.165) is 29.0 Å². The molecule has 0 aliphatic carbocycles. The van der Waals surface area contributed by atoms with Crippen LogP contribution in [0, 0.1) is 6.92 Å². The summed E-state index contributed by atoms with van der Waals surface area (Å²) in [6, 6.07) is 11.1. The van der Waals surface area contributed by atoms with Gasteiger partial charge >= 0.3 is 0 Å². The van der Waals surface area contributed by atoms with E-state index in [-0.39, 0.29) is 0 Å². The van der Waals surface area contributed by atoms with Crippen molar-refractivity contribution >= 4 is 6.29 Å². The Bertz CT molecular complexity index is 532. The van der Waals surface area contributed by atoms with Crippen LogP contribution in [0.4, 0.5) is 0 Å². The first-order valence-electron chi connectivity index (χ1n) is 5.31. The lowest BCUT2D eigenvalue weighted by molar-refractivity contribution is 0.112. The number of rotatable bonds is 3. The molecule has 0 aliphatic heterocycles. The molecule has 86 valence electrons. The van der Waals surface area contributed by atoms with Crippen molar-refractivity contribution in [2.45, 2.75) is 6.92 Å². The Morgan fingerprint density at radius 3 is 2.47 bits per heavy atom. The van der Waals surface area contributed by atoms with E-state index in [0.29, 0.717) is 5.56 Å². The molecule has 0 atom stereocenters. The van der Waals surface area contributed by atoms with Crippen molar-refractivity contribution in [1.82, 2.24) is 4.98 Å². The lowest BCUT2D eigenvalue weighted by Gasteiger charge is -2.05. The molecule has 0 aliphatic rings. The van der Waals surface area contributed by atoms with Crippen LogP contribution in [-0.4, -0.2) is 18.4 Å². The van der Waals surface area contributed by atoms with Crippen LogP contribution in [0.15, 0.2) is 36.4 Å². The first-order chi connectivity index (χ1) is 8.22.